The molecule has 0 saturated carbocycles. The highest BCUT2D eigenvalue weighted by molar-refractivity contribution is 5.56. The summed E-state index contributed by atoms with van der Waals surface area (Å²) in [7, 11) is 0. The summed E-state index contributed by atoms with van der Waals surface area (Å²) in [6.45, 7) is 0.333. The van der Waals surface area contributed by atoms with Gasteiger partial charge in [0.1, 0.15) is 24.0 Å². The first kappa shape index (κ1) is 12.7. The molecule has 0 fully saturated rings. The number of hydrogen-bond donors (Lipinski definition) is 2. The van der Waals surface area contributed by atoms with Crippen molar-refractivity contribution in [2.45, 2.75) is 12.2 Å². The van der Waals surface area contributed by atoms with E-state index >= 15 is 0 Å². The summed E-state index contributed by atoms with van der Waals surface area (Å²) < 4.78 is 5.76. The van der Waals surface area contributed by atoms with Gasteiger partial charge in [-0.1, -0.05) is 36.4 Å². The smallest absolute Gasteiger partial charge is 0.144 e. The second-order valence-corrected chi connectivity index (χ2v) is 4.80. The lowest BCUT2D eigenvalue weighted by Crippen LogP contribution is -2.36. The van der Waals surface area contributed by atoms with Crippen LogP contribution in [0.3, 0.4) is 0 Å². The second-order valence-electron chi connectivity index (χ2n) is 4.80. The fourth-order valence-electron chi connectivity index (χ4n) is 2.67. The predicted molar refractivity (Wildman–Crippen MR) is 74.0 cm³/mol. The lowest BCUT2D eigenvalue weighted by molar-refractivity contribution is 0.0894. The third-order valence-electron chi connectivity index (χ3n) is 3.71. The number of hydrogen-bond acceptors (Lipinski definition) is 4. The van der Waals surface area contributed by atoms with Crippen LogP contribution in [0.4, 0.5) is 0 Å². The van der Waals surface area contributed by atoms with E-state index in [-0.39, 0.29) is 6.54 Å². The third-order valence-corrected chi connectivity index (χ3v) is 3.71. The summed E-state index contributed by atoms with van der Waals surface area (Å²) >= 11 is 0. The number of aliphatic hydroxyl groups is 1. The van der Waals surface area contributed by atoms with Crippen molar-refractivity contribution in [2.24, 2.45) is 5.73 Å². The molecular weight excluding hydrogens is 252 g/mol. The van der Waals surface area contributed by atoms with Crippen LogP contribution in [0, 0.1) is 11.3 Å². The fraction of sp³-hybridized carbons (Fsp3) is 0.188. The maximum absolute atomic E-state index is 11.1. The van der Waals surface area contributed by atoms with Crippen LogP contribution < -0.4 is 10.5 Å². The Balaban J connectivity index is 2.32. The summed E-state index contributed by atoms with van der Waals surface area (Å²) in [5.41, 5.74) is 7.06. The molecule has 3 rings (SSSR count). The average Bonchev–Trinajstić information content (AvgIpc) is 2.64. The quantitative estimate of drug-likeness (QED) is 0.822. The molecule has 0 bridgehead atoms. The highest BCUT2D eigenvalue weighted by atomic mass is 16.5. The monoisotopic (exact) mass is 266 g/mol. The van der Waals surface area contributed by atoms with E-state index in [4.69, 9.17) is 10.5 Å². The van der Waals surface area contributed by atoms with Gasteiger partial charge >= 0.3 is 0 Å². The van der Waals surface area contributed by atoms with Crippen LogP contribution in [0.5, 0.6) is 5.75 Å². The number of para-hydroxylation sites is 1. The van der Waals surface area contributed by atoms with Gasteiger partial charge in [0.25, 0.3) is 0 Å². The number of nitrogens with two attached hydrogens (primary N) is 1. The third kappa shape index (κ3) is 1.68. The minimum atomic E-state index is -1.34. The van der Waals surface area contributed by atoms with Gasteiger partial charge in [0.2, 0.25) is 0 Å². The van der Waals surface area contributed by atoms with Crippen LogP contribution in [0.2, 0.25) is 0 Å². The maximum atomic E-state index is 11.1. The number of nitrogens with zero attached hydrogens (tertiary/aromatic N) is 1. The van der Waals surface area contributed by atoms with Crippen molar-refractivity contribution in [1.29, 1.82) is 5.26 Å². The minimum Gasteiger partial charge on any atom is -0.487 e. The molecule has 1 aliphatic heterocycles. The van der Waals surface area contributed by atoms with E-state index in [1.54, 1.807) is 18.2 Å². The maximum Gasteiger partial charge on any atom is 0.144 e. The summed E-state index contributed by atoms with van der Waals surface area (Å²) in [5, 5.41) is 20.3. The standard InChI is InChI=1S/C16H14N2O2/c17-8-11-5-3-7-14-15(11)20-9-12-4-1-2-6-13(12)16(14,19)10-18/h1-7,19H,9-10,18H2. The van der Waals surface area contributed by atoms with Crippen LogP contribution in [0.1, 0.15) is 22.3 Å². The van der Waals surface area contributed by atoms with Crippen molar-refractivity contribution >= 4 is 0 Å². The van der Waals surface area contributed by atoms with Crippen molar-refractivity contribution in [2.75, 3.05) is 6.54 Å². The van der Waals surface area contributed by atoms with Crippen molar-refractivity contribution in [3.8, 4) is 11.8 Å². The van der Waals surface area contributed by atoms with Gasteiger partial charge in [0.15, 0.2) is 0 Å². The van der Waals surface area contributed by atoms with Gasteiger partial charge in [-0.05, 0) is 17.2 Å². The van der Waals surface area contributed by atoms with Crippen LogP contribution in [0.25, 0.3) is 0 Å². The van der Waals surface area contributed by atoms with Gasteiger partial charge < -0.3 is 15.6 Å². The van der Waals surface area contributed by atoms with Crippen LogP contribution in [0.15, 0.2) is 42.5 Å². The van der Waals surface area contributed by atoms with Gasteiger partial charge in [0, 0.05) is 12.1 Å². The Morgan fingerprint density at radius 3 is 2.70 bits per heavy atom. The number of ether oxygens (including phenoxy) is 1. The normalized spacial score (nSPS) is 20.1. The fourth-order valence-corrected chi connectivity index (χ4v) is 2.67. The Kier molecular flexibility index (Phi) is 2.94. The first-order valence-electron chi connectivity index (χ1n) is 6.38. The lowest BCUT2D eigenvalue weighted by Gasteiger charge is -2.28. The van der Waals surface area contributed by atoms with Crippen molar-refractivity contribution in [3.63, 3.8) is 0 Å². The Bertz CT molecular complexity index is 706. The van der Waals surface area contributed by atoms with Crippen LogP contribution >= 0.6 is 0 Å². The number of benzene rings is 2. The molecule has 0 aliphatic carbocycles. The highest BCUT2D eigenvalue weighted by Gasteiger charge is 2.37. The van der Waals surface area contributed by atoms with E-state index in [1.165, 1.54) is 0 Å². The molecule has 20 heavy (non-hydrogen) atoms. The molecule has 1 aliphatic rings. The molecule has 1 heterocycles. The van der Waals surface area contributed by atoms with Gasteiger partial charge in [-0.3, -0.25) is 0 Å². The van der Waals surface area contributed by atoms with E-state index in [2.05, 4.69) is 6.07 Å². The molecule has 1 unspecified atom stereocenters. The Morgan fingerprint density at radius 1 is 1.20 bits per heavy atom. The minimum absolute atomic E-state index is 0.0231. The number of rotatable bonds is 1. The molecule has 2 aromatic rings. The summed E-state index contributed by atoms with van der Waals surface area (Å²) in [6.07, 6.45) is 0. The highest BCUT2D eigenvalue weighted by Crippen LogP contribution is 2.41. The van der Waals surface area contributed by atoms with Crippen molar-refractivity contribution in [1.82, 2.24) is 0 Å². The van der Waals surface area contributed by atoms with Gasteiger partial charge in [-0.2, -0.15) is 5.26 Å². The molecule has 0 amide bonds. The van der Waals surface area contributed by atoms with E-state index in [0.717, 1.165) is 11.1 Å². The van der Waals surface area contributed by atoms with Gasteiger partial charge in [-0.15, -0.1) is 0 Å². The lowest BCUT2D eigenvalue weighted by atomic mass is 9.83. The Labute approximate surface area is 117 Å². The SMILES string of the molecule is N#Cc1cccc2c1OCc1ccccc1C2(O)CN. The average molecular weight is 266 g/mol. The van der Waals surface area contributed by atoms with Gasteiger partial charge in [0.05, 0.1) is 5.56 Å². The molecule has 0 radical (unpaired) electrons. The number of nitriles is 1. The summed E-state index contributed by atoms with van der Waals surface area (Å²) in [4.78, 5) is 0. The number of fused-ring (bicyclic) bond motifs is 2. The van der Waals surface area contributed by atoms with E-state index in [1.807, 2.05) is 24.3 Å². The zero-order valence-corrected chi connectivity index (χ0v) is 10.8. The molecule has 4 heteroatoms. The molecule has 0 saturated heterocycles. The molecule has 3 N–H and O–H groups in total. The Hall–Kier alpha value is -2.35. The summed E-state index contributed by atoms with van der Waals surface area (Å²) in [5.74, 6) is 0.416. The van der Waals surface area contributed by atoms with E-state index in [0.29, 0.717) is 23.5 Å². The Morgan fingerprint density at radius 2 is 1.95 bits per heavy atom. The van der Waals surface area contributed by atoms with Gasteiger partial charge in [-0.25, -0.2) is 0 Å². The largest absolute Gasteiger partial charge is 0.487 e. The molecule has 2 aromatic carbocycles. The van der Waals surface area contributed by atoms with Crippen molar-refractivity contribution < 1.29 is 9.84 Å². The molecular formula is C16H14N2O2. The molecule has 4 nitrogen and oxygen atoms in total. The molecule has 0 spiro atoms. The second kappa shape index (κ2) is 4.64. The predicted octanol–water partition coefficient (Wildman–Crippen LogP) is 1.65. The first-order chi connectivity index (χ1) is 9.70. The van der Waals surface area contributed by atoms with E-state index < -0.39 is 5.60 Å². The van der Waals surface area contributed by atoms with Crippen molar-refractivity contribution in [3.05, 3.63) is 64.7 Å². The topological polar surface area (TPSA) is 79.3 Å². The molecule has 100 valence electrons. The van der Waals surface area contributed by atoms with E-state index in [9.17, 15) is 10.4 Å². The molecule has 1 atom stereocenters. The zero-order chi connectivity index (χ0) is 14.2. The first-order valence-corrected chi connectivity index (χ1v) is 6.38. The zero-order valence-electron chi connectivity index (χ0n) is 10.8. The summed E-state index contributed by atoms with van der Waals surface area (Å²) in [6, 6.07) is 14.7. The van der Waals surface area contributed by atoms with Crippen LogP contribution in [-0.4, -0.2) is 11.7 Å². The molecule has 0 aromatic heterocycles. The van der Waals surface area contributed by atoms with Crippen LogP contribution in [-0.2, 0) is 12.2 Å².